The maximum absolute atomic E-state index is 15.7. The molecule has 3 saturated heterocycles. The second kappa shape index (κ2) is 14.1. The predicted octanol–water partition coefficient (Wildman–Crippen LogP) is 3.51. The van der Waals surface area contributed by atoms with Crippen molar-refractivity contribution in [1.82, 2.24) is 18.8 Å². The number of amides is 2. The molecule has 0 radical (unpaired) electrons. The Bertz CT molecular complexity index is 2090. The van der Waals surface area contributed by atoms with Crippen LogP contribution < -0.4 is 20.0 Å². The molecular formula is C37H46FN5O8S. The zero-order valence-electron chi connectivity index (χ0n) is 30.3. The average Bonchev–Trinajstić information content (AvgIpc) is 3.73. The molecule has 2 amide bonds. The number of nitrogens with zero attached hydrogens (tertiary/aromatic N) is 4. The molecule has 0 aliphatic carbocycles. The van der Waals surface area contributed by atoms with E-state index in [9.17, 15) is 22.8 Å². The van der Waals surface area contributed by atoms with Gasteiger partial charge in [0.25, 0.3) is 11.8 Å². The monoisotopic (exact) mass is 739 g/mol. The fourth-order valence-electron chi connectivity index (χ4n) is 8.61. The van der Waals surface area contributed by atoms with Gasteiger partial charge in [-0.05, 0) is 89.2 Å². The van der Waals surface area contributed by atoms with Crippen LogP contribution in [0, 0.1) is 19.7 Å². The number of anilines is 1. The van der Waals surface area contributed by atoms with Crippen molar-refractivity contribution in [2.24, 2.45) is 0 Å². The van der Waals surface area contributed by atoms with Crippen molar-refractivity contribution in [2.75, 3.05) is 58.5 Å². The number of aryl methyl sites for hydroxylation is 2. The molecule has 7 rings (SSSR count). The average molecular weight is 740 g/mol. The molecule has 3 aromatic rings. The van der Waals surface area contributed by atoms with E-state index >= 15 is 4.39 Å². The molecular weight excluding hydrogens is 693 g/mol. The maximum atomic E-state index is 15.7. The fraction of sp³-hybridized carbons (Fsp3) is 0.541. The van der Waals surface area contributed by atoms with Crippen LogP contribution in [0.1, 0.15) is 75.6 Å². The Morgan fingerprint density at radius 1 is 1.02 bits per heavy atom. The van der Waals surface area contributed by atoms with E-state index in [4.69, 9.17) is 13.9 Å². The number of rotatable bonds is 9. The van der Waals surface area contributed by atoms with Crippen molar-refractivity contribution in [2.45, 2.75) is 77.5 Å². The Labute approximate surface area is 302 Å². The number of benzene rings is 2. The molecule has 5 heterocycles. The summed E-state index contributed by atoms with van der Waals surface area (Å²) in [5, 5.41) is 0.850. The number of carbonyl (C=O) groups is 2. The summed E-state index contributed by atoms with van der Waals surface area (Å²) in [4.78, 5) is 46.6. The number of methoxy groups -OCH3 is 1. The minimum Gasteiger partial charge on any atom is -0.493 e. The molecule has 0 unspecified atom stereocenters. The third kappa shape index (κ3) is 6.35. The van der Waals surface area contributed by atoms with E-state index in [2.05, 4.69) is 27.6 Å². The van der Waals surface area contributed by atoms with Gasteiger partial charge in [0.2, 0.25) is 0 Å². The minimum absolute atomic E-state index is 0.0802. The highest BCUT2D eigenvalue weighted by atomic mass is 32.2. The van der Waals surface area contributed by atoms with Crippen LogP contribution in [0.2, 0.25) is 0 Å². The largest absolute Gasteiger partial charge is 0.493 e. The molecule has 1 N–H and O–H groups in total. The van der Waals surface area contributed by atoms with Gasteiger partial charge in [-0.15, -0.1) is 0 Å². The van der Waals surface area contributed by atoms with E-state index < -0.39 is 33.5 Å². The molecule has 4 aliphatic heterocycles. The standard InChI is InChI=1S/C37H46FN5O8S/c1-6-50-32-17-27(30(38)16-28(32)35(44)39-52(47,48)43-23-7-8-24(43)10-9-23)36(45)42-12-11-26-29(19-42)37(46)51-34-22(3)31(15-21(2)33(26)34)41-14-13-40(4)25(18-41)20-49-5/h15-17,23-25H,6-14,18-20H2,1-5H3,(H,39,44)/t23?,24?,25-/m1/s1. The van der Waals surface area contributed by atoms with E-state index in [1.54, 1.807) is 14.0 Å². The molecule has 52 heavy (non-hydrogen) atoms. The molecule has 1 atom stereocenters. The Morgan fingerprint density at radius 3 is 2.40 bits per heavy atom. The van der Waals surface area contributed by atoms with E-state index in [1.807, 2.05) is 13.8 Å². The third-order valence-electron chi connectivity index (χ3n) is 11.3. The van der Waals surface area contributed by atoms with Crippen molar-refractivity contribution in [3.05, 3.63) is 67.8 Å². The third-order valence-corrected chi connectivity index (χ3v) is 12.9. The van der Waals surface area contributed by atoms with E-state index in [1.165, 1.54) is 9.21 Å². The molecule has 15 heteroatoms. The van der Waals surface area contributed by atoms with Gasteiger partial charge in [0.15, 0.2) is 0 Å². The van der Waals surface area contributed by atoms with Gasteiger partial charge < -0.3 is 23.7 Å². The SMILES string of the molecule is CCOc1cc(C(=O)N2CCc3c(c(=O)oc4c(C)c(N5CCN(C)[C@@H](COC)C5)cc(C)c34)C2)c(F)cc1C(=O)NS(=O)(=O)N1C2CCC1CC2. The van der Waals surface area contributed by atoms with Crippen molar-refractivity contribution < 1.29 is 36.3 Å². The van der Waals surface area contributed by atoms with Crippen LogP contribution in [0.25, 0.3) is 11.0 Å². The summed E-state index contributed by atoms with van der Waals surface area (Å²) >= 11 is 0. The van der Waals surface area contributed by atoms with Gasteiger partial charge in [-0.25, -0.2) is 13.9 Å². The van der Waals surface area contributed by atoms with Gasteiger partial charge in [-0.3, -0.25) is 14.5 Å². The number of halogens is 1. The lowest BCUT2D eigenvalue weighted by atomic mass is 9.92. The van der Waals surface area contributed by atoms with Crippen LogP contribution in [0.15, 0.2) is 27.4 Å². The van der Waals surface area contributed by atoms with Gasteiger partial charge in [-0.1, -0.05) is 0 Å². The summed E-state index contributed by atoms with van der Waals surface area (Å²) in [5.74, 6) is -2.87. The molecule has 2 aromatic carbocycles. The number of hydrogen-bond acceptors (Lipinski definition) is 10. The Morgan fingerprint density at radius 2 is 1.73 bits per heavy atom. The first-order valence-electron chi connectivity index (χ1n) is 18.0. The zero-order valence-corrected chi connectivity index (χ0v) is 31.1. The van der Waals surface area contributed by atoms with Crippen LogP contribution in [0.5, 0.6) is 5.75 Å². The summed E-state index contributed by atoms with van der Waals surface area (Å²) in [6, 6.07) is 4.01. The van der Waals surface area contributed by atoms with Crippen LogP contribution >= 0.6 is 0 Å². The molecule has 0 saturated carbocycles. The molecule has 3 fully saturated rings. The molecule has 13 nitrogen and oxygen atoms in total. The fourth-order valence-corrected chi connectivity index (χ4v) is 10.3. The Balaban J connectivity index is 1.14. The molecule has 1 aromatic heterocycles. The lowest BCUT2D eigenvalue weighted by Crippen LogP contribution is -2.53. The quantitative estimate of drug-likeness (QED) is 0.324. The molecule has 2 bridgehead atoms. The molecule has 4 aliphatic rings. The number of likely N-dealkylation sites (N-methyl/N-ethyl adjacent to an activating group) is 1. The normalized spacial score (nSPS) is 22.2. The van der Waals surface area contributed by atoms with Gasteiger partial charge in [0.05, 0.1) is 42.5 Å². The molecule has 280 valence electrons. The highest BCUT2D eigenvalue weighted by Crippen LogP contribution is 2.40. The lowest BCUT2D eigenvalue weighted by molar-refractivity contribution is 0.0726. The first kappa shape index (κ1) is 36.3. The second-order valence-corrected chi connectivity index (χ2v) is 16.0. The number of fused-ring (bicyclic) bond motifs is 5. The lowest BCUT2D eigenvalue weighted by Gasteiger charge is -2.41. The summed E-state index contributed by atoms with van der Waals surface area (Å²) in [7, 11) is -0.377. The number of hydrogen-bond donors (Lipinski definition) is 1. The first-order valence-corrected chi connectivity index (χ1v) is 19.4. The van der Waals surface area contributed by atoms with Gasteiger partial charge >= 0.3 is 15.8 Å². The maximum Gasteiger partial charge on any atom is 0.341 e. The molecule has 0 spiro atoms. The smallest absolute Gasteiger partial charge is 0.341 e. The highest BCUT2D eigenvalue weighted by molar-refractivity contribution is 7.87. The number of ether oxygens (including phenoxy) is 2. The summed E-state index contributed by atoms with van der Waals surface area (Å²) in [6.45, 7) is 8.88. The summed E-state index contributed by atoms with van der Waals surface area (Å²) in [6.07, 6.45) is 3.30. The minimum atomic E-state index is -4.17. The van der Waals surface area contributed by atoms with Crippen LogP contribution in [0.3, 0.4) is 0 Å². The van der Waals surface area contributed by atoms with Crippen molar-refractivity contribution in [3.63, 3.8) is 0 Å². The van der Waals surface area contributed by atoms with Gasteiger partial charge in [-0.2, -0.15) is 12.7 Å². The van der Waals surface area contributed by atoms with Gasteiger partial charge in [0, 0.05) is 62.0 Å². The predicted molar refractivity (Wildman–Crippen MR) is 193 cm³/mol. The number of piperazine rings is 1. The van der Waals surface area contributed by atoms with Crippen molar-refractivity contribution in [1.29, 1.82) is 0 Å². The number of nitrogens with one attached hydrogen (secondary N) is 1. The Hall–Kier alpha value is -4.05. The van der Waals surface area contributed by atoms with E-state index in [0.717, 1.165) is 85.2 Å². The second-order valence-electron chi connectivity index (χ2n) is 14.4. The van der Waals surface area contributed by atoms with Crippen molar-refractivity contribution in [3.8, 4) is 5.75 Å². The zero-order chi connectivity index (χ0) is 37.1. The van der Waals surface area contributed by atoms with E-state index in [0.29, 0.717) is 24.2 Å². The van der Waals surface area contributed by atoms with Crippen LogP contribution in [0.4, 0.5) is 10.1 Å². The first-order chi connectivity index (χ1) is 24.8. The van der Waals surface area contributed by atoms with Crippen LogP contribution in [-0.4, -0.2) is 106 Å². The Kier molecular flexibility index (Phi) is 9.82. The van der Waals surface area contributed by atoms with Crippen LogP contribution in [-0.2, 0) is 27.9 Å². The van der Waals surface area contributed by atoms with Gasteiger partial charge in [0.1, 0.15) is 17.1 Å². The highest BCUT2D eigenvalue weighted by Gasteiger charge is 2.47. The number of carbonyl (C=O) groups excluding carboxylic acids is 2. The topological polar surface area (TPSA) is 142 Å². The van der Waals surface area contributed by atoms with Crippen molar-refractivity contribution >= 4 is 38.7 Å². The van der Waals surface area contributed by atoms with E-state index in [-0.39, 0.29) is 54.7 Å². The summed E-state index contributed by atoms with van der Waals surface area (Å²) < 4.78 is 62.5. The summed E-state index contributed by atoms with van der Waals surface area (Å²) in [5.41, 5.74) is 3.27.